The van der Waals surface area contributed by atoms with Crippen LogP contribution in [0.5, 0.6) is 0 Å². The van der Waals surface area contributed by atoms with Gasteiger partial charge in [-0.2, -0.15) is 5.10 Å². The number of carboxylic acids is 1. The van der Waals surface area contributed by atoms with Crippen molar-refractivity contribution in [1.82, 2.24) is 19.7 Å². The standard InChI is InChI=1S/C28H19BrN4O2/c29-25-21-16-22-23(31-26(30-22)27(34)35)17-24(21)33(32-25)28(18-10-4-1-5-11-18,19-12-6-2-7-13-19)20-14-8-3-9-15-20/h1-17H,(H,30,31)(H,34,35). The summed E-state index contributed by atoms with van der Waals surface area (Å²) in [5.41, 5.74) is 4.38. The summed E-state index contributed by atoms with van der Waals surface area (Å²) in [5.74, 6) is -1.19. The van der Waals surface area contributed by atoms with E-state index in [4.69, 9.17) is 5.10 Å². The number of hydrogen-bond donors (Lipinski definition) is 2. The smallest absolute Gasteiger partial charge is 0.371 e. The van der Waals surface area contributed by atoms with Crippen LogP contribution in [0.15, 0.2) is 108 Å². The van der Waals surface area contributed by atoms with Crippen molar-refractivity contribution in [1.29, 1.82) is 0 Å². The highest BCUT2D eigenvalue weighted by molar-refractivity contribution is 9.10. The molecule has 35 heavy (non-hydrogen) atoms. The second kappa shape index (κ2) is 8.21. The number of H-pyrrole nitrogens is 1. The number of benzene rings is 4. The number of carbonyl (C=O) groups is 1. The summed E-state index contributed by atoms with van der Waals surface area (Å²) < 4.78 is 2.68. The Bertz CT molecular complexity index is 1580. The van der Waals surface area contributed by atoms with E-state index in [1.165, 1.54) is 0 Å². The second-order valence-corrected chi connectivity index (χ2v) is 9.04. The Morgan fingerprint density at radius 2 is 1.34 bits per heavy atom. The van der Waals surface area contributed by atoms with Gasteiger partial charge in [-0.3, -0.25) is 0 Å². The lowest BCUT2D eigenvalue weighted by atomic mass is 9.77. The van der Waals surface area contributed by atoms with Crippen LogP contribution in [0.1, 0.15) is 27.3 Å². The Morgan fingerprint density at radius 3 is 1.83 bits per heavy atom. The van der Waals surface area contributed by atoms with Gasteiger partial charge in [0.05, 0.1) is 16.6 Å². The molecule has 4 aromatic carbocycles. The van der Waals surface area contributed by atoms with Crippen LogP contribution < -0.4 is 0 Å². The number of nitrogens with one attached hydrogen (secondary N) is 1. The maximum Gasteiger partial charge on any atom is 0.371 e. The van der Waals surface area contributed by atoms with Gasteiger partial charge in [0, 0.05) is 5.39 Å². The van der Waals surface area contributed by atoms with E-state index < -0.39 is 11.5 Å². The van der Waals surface area contributed by atoms with Crippen LogP contribution in [0.2, 0.25) is 0 Å². The molecule has 0 saturated carbocycles. The number of aromatic nitrogens is 4. The summed E-state index contributed by atoms with van der Waals surface area (Å²) in [6, 6.07) is 34.6. The molecular weight excluding hydrogens is 504 g/mol. The van der Waals surface area contributed by atoms with Crippen LogP contribution in [-0.4, -0.2) is 30.8 Å². The van der Waals surface area contributed by atoms with Crippen molar-refractivity contribution in [2.75, 3.05) is 0 Å². The highest BCUT2D eigenvalue weighted by atomic mass is 79.9. The fourth-order valence-corrected chi connectivity index (χ4v) is 5.32. The van der Waals surface area contributed by atoms with Crippen molar-refractivity contribution >= 4 is 43.8 Å². The quantitative estimate of drug-likeness (QED) is 0.263. The third-order valence-corrected chi connectivity index (χ3v) is 6.92. The van der Waals surface area contributed by atoms with Gasteiger partial charge >= 0.3 is 5.97 Å². The van der Waals surface area contributed by atoms with Gasteiger partial charge in [-0.15, -0.1) is 0 Å². The topological polar surface area (TPSA) is 83.8 Å². The zero-order valence-corrected chi connectivity index (χ0v) is 20.0. The Balaban J connectivity index is 1.78. The van der Waals surface area contributed by atoms with Crippen LogP contribution >= 0.6 is 15.9 Å². The van der Waals surface area contributed by atoms with Crippen molar-refractivity contribution in [3.8, 4) is 0 Å². The molecule has 0 spiro atoms. The maximum absolute atomic E-state index is 11.5. The van der Waals surface area contributed by atoms with Gasteiger partial charge in [0.25, 0.3) is 0 Å². The van der Waals surface area contributed by atoms with Crippen molar-refractivity contribution in [3.63, 3.8) is 0 Å². The van der Waals surface area contributed by atoms with E-state index in [9.17, 15) is 9.90 Å². The summed E-state index contributed by atoms with van der Waals surface area (Å²) in [4.78, 5) is 18.7. The fraction of sp³-hybridized carbons (Fsp3) is 0.0357. The normalized spacial score (nSPS) is 11.8. The predicted octanol–water partition coefficient (Wildman–Crippen LogP) is 6.21. The van der Waals surface area contributed by atoms with Gasteiger partial charge in [-0.25, -0.2) is 14.5 Å². The Morgan fingerprint density at radius 1 is 0.829 bits per heavy atom. The molecule has 0 bridgehead atoms. The molecular formula is C28H19BrN4O2. The first kappa shape index (κ1) is 21.3. The maximum atomic E-state index is 11.5. The number of nitrogens with zero attached hydrogens (tertiary/aromatic N) is 3. The van der Waals surface area contributed by atoms with Gasteiger partial charge in [0.2, 0.25) is 5.82 Å². The molecule has 7 heteroatoms. The van der Waals surface area contributed by atoms with E-state index in [2.05, 4.69) is 62.3 Å². The number of carboxylic acid groups (broad SMARTS) is 1. The number of halogens is 1. The number of aromatic amines is 1. The highest BCUT2D eigenvalue weighted by Crippen LogP contribution is 2.43. The minimum atomic E-state index is -1.10. The Kier molecular flexibility index (Phi) is 5.00. The highest BCUT2D eigenvalue weighted by Gasteiger charge is 2.40. The molecule has 0 saturated heterocycles. The zero-order valence-electron chi connectivity index (χ0n) is 18.4. The molecule has 0 radical (unpaired) electrons. The monoisotopic (exact) mass is 522 g/mol. The SMILES string of the molecule is O=C(O)c1nc2cc3c(Br)nn(C(c4ccccc4)(c4ccccc4)c4ccccc4)c3cc2[nH]1. The zero-order chi connectivity index (χ0) is 24.0. The van der Waals surface area contributed by atoms with E-state index in [-0.39, 0.29) is 5.82 Å². The predicted molar refractivity (Wildman–Crippen MR) is 139 cm³/mol. The summed E-state index contributed by atoms with van der Waals surface area (Å²) in [5, 5.41) is 15.3. The summed E-state index contributed by atoms with van der Waals surface area (Å²) in [6.07, 6.45) is 0. The Labute approximate surface area is 209 Å². The van der Waals surface area contributed by atoms with Crippen LogP contribution in [0.3, 0.4) is 0 Å². The molecule has 2 heterocycles. The lowest BCUT2D eigenvalue weighted by molar-refractivity contribution is 0.0685. The fourth-order valence-electron chi connectivity index (χ4n) is 4.84. The third-order valence-electron chi connectivity index (χ3n) is 6.33. The largest absolute Gasteiger partial charge is 0.475 e. The number of aromatic carboxylic acids is 1. The number of rotatable bonds is 5. The van der Waals surface area contributed by atoms with E-state index in [1.807, 2.05) is 71.4 Å². The van der Waals surface area contributed by atoms with E-state index in [0.29, 0.717) is 15.6 Å². The van der Waals surface area contributed by atoms with E-state index in [0.717, 1.165) is 27.6 Å². The first-order valence-corrected chi connectivity index (χ1v) is 11.9. The van der Waals surface area contributed by atoms with Crippen LogP contribution in [0.4, 0.5) is 0 Å². The molecule has 6 aromatic rings. The first-order chi connectivity index (χ1) is 17.1. The van der Waals surface area contributed by atoms with Gasteiger partial charge in [0.1, 0.15) is 10.1 Å². The minimum absolute atomic E-state index is 0.0938. The summed E-state index contributed by atoms with van der Waals surface area (Å²) >= 11 is 3.66. The van der Waals surface area contributed by atoms with Crippen LogP contribution in [0, 0.1) is 0 Å². The number of fused-ring (bicyclic) bond motifs is 2. The summed E-state index contributed by atoms with van der Waals surface area (Å²) in [7, 11) is 0. The number of imidazole rings is 1. The Hall–Kier alpha value is -4.23. The van der Waals surface area contributed by atoms with Crippen molar-refractivity contribution in [2.45, 2.75) is 5.54 Å². The molecule has 170 valence electrons. The minimum Gasteiger partial charge on any atom is -0.475 e. The van der Waals surface area contributed by atoms with E-state index >= 15 is 0 Å². The molecule has 0 aliphatic carbocycles. The molecule has 2 N–H and O–H groups in total. The average molecular weight is 523 g/mol. The molecule has 0 fully saturated rings. The molecule has 0 atom stereocenters. The van der Waals surface area contributed by atoms with Crippen molar-refractivity contribution in [2.24, 2.45) is 0 Å². The second-order valence-electron chi connectivity index (χ2n) is 8.29. The lowest BCUT2D eigenvalue weighted by Gasteiger charge is -2.37. The molecule has 0 unspecified atom stereocenters. The number of hydrogen-bond acceptors (Lipinski definition) is 3. The van der Waals surface area contributed by atoms with Gasteiger partial charge in [-0.05, 0) is 44.8 Å². The van der Waals surface area contributed by atoms with Crippen LogP contribution in [0.25, 0.3) is 21.9 Å². The molecule has 6 nitrogen and oxygen atoms in total. The van der Waals surface area contributed by atoms with Crippen molar-refractivity contribution < 1.29 is 9.90 Å². The third kappa shape index (κ3) is 3.27. The summed E-state index contributed by atoms with van der Waals surface area (Å²) in [6.45, 7) is 0. The first-order valence-electron chi connectivity index (χ1n) is 11.1. The molecule has 0 amide bonds. The van der Waals surface area contributed by atoms with Gasteiger partial charge in [-0.1, -0.05) is 91.0 Å². The van der Waals surface area contributed by atoms with Crippen LogP contribution in [-0.2, 0) is 5.54 Å². The molecule has 0 aliphatic heterocycles. The van der Waals surface area contributed by atoms with Gasteiger partial charge in [0.15, 0.2) is 0 Å². The van der Waals surface area contributed by atoms with Gasteiger partial charge < -0.3 is 10.1 Å². The van der Waals surface area contributed by atoms with Crippen molar-refractivity contribution in [3.05, 3.63) is 130 Å². The molecule has 6 rings (SSSR count). The average Bonchev–Trinajstić information content (AvgIpc) is 3.46. The molecule has 0 aliphatic rings. The molecule has 2 aromatic heterocycles. The van der Waals surface area contributed by atoms with E-state index in [1.54, 1.807) is 0 Å². The lowest BCUT2D eigenvalue weighted by Crippen LogP contribution is -2.38.